The van der Waals surface area contributed by atoms with Gasteiger partial charge in [-0.1, -0.05) is 0 Å². The number of rotatable bonds is 5. The van der Waals surface area contributed by atoms with E-state index in [0.717, 1.165) is 17.4 Å². The Kier molecular flexibility index (Phi) is 3.87. The summed E-state index contributed by atoms with van der Waals surface area (Å²) in [5.41, 5.74) is 0. The fourth-order valence-corrected chi connectivity index (χ4v) is 2.06. The molecule has 90 valence electrons. The molecule has 5 nitrogen and oxygen atoms in total. The van der Waals surface area contributed by atoms with Gasteiger partial charge in [0.15, 0.2) is 0 Å². The van der Waals surface area contributed by atoms with Crippen molar-refractivity contribution >= 4 is 23.1 Å². The number of thiazole rings is 1. The molecule has 0 bridgehead atoms. The standard InChI is InChI=1S/C11H15N5S/c1-3-12-11-14-5-4-9(16-11)15-8(2)10-13-6-7-17-10/h4-8H,3H2,1-2H3,(H2,12,14,15,16). The van der Waals surface area contributed by atoms with E-state index in [-0.39, 0.29) is 6.04 Å². The van der Waals surface area contributed by atoms with E-state index in [1.165, 1.54) is 0 Å². The van der Waals surface area contributed by atoms with Crippen molar-refractivity contribution < 1.29 is 0 Å². The van der Waals surface area contributed by atoms with Crippen LogP contribution in [0, 0.1) is 0 Å². The molecule has 0 spiro atoms. The van der Waals surface area contributed by atoms with Gasteiger partial charge in [-0.15, -0.1) is 11.3 Å². The van der Waals surface area contributed by atoms with Gasteiger partial charge in [0.25, 0.3) is 0 Å². The van der Waals surface area contributed by atoms with Crippen LogP contribution in [0.15, 0.2) is 23.8 Å². The Labute approximate surface area is 104 Å². The van der Waals surface area contributed by atoms with E-state index in [2.05, 4.69) is 32.5 Å². The van der Waals surface area contributed by atoms with Gasteiger partial charge in [-0.3, -0.25) is 0 Å². The molecule has 0 saturated heterocycles. The molecule has 2 aromatic heterocycles. The van der Waals surface area contributed by atoms with Crippen LogP contribution in [-0.4, -0.2) is 21.5 Å². The number of nitrogens with zero attached hydrogens (tertiary/aromatic N) is 3. The minimum Gasteiger partial charge on any atom is -0.361 e. The lowest BCUT2D eigenvalue weighted by atomic mass is 10.3. The lowest BCUT2D eigenvalue weighted by molar-refractivity contribution is 0.858. The number of hydrogen-bond acceptors (Lipinski definition) is 6. The molecule has 1 atom stereocenters. The van der Waals surface area contributed by atoms with Crippen LogP contribution in [-0.2, 0) is 0 Å². The zero-order valence-corrected chi connectivity index (χ0v) is 10.7. The second kappa shape index (κ2) is 5.58. The van der Waals surface area contributed by atoms with Crippen LogP contribution in [0.5, 0.6) is 0 Å². The number of aromatic nitrogens is 3. The largest absolute Gasteiger partial charge is 0.361 e. The van der Waals surface area contributed by atoms with Gasteiger partial charge in [0.2, 0.25) is 5.95 Å². The van der Waals surface area contributed by atoms with Crippen LogP contribution in [0.4, 0.5) is 11.8 Å². The molecule has 0 aliphatic rings. The molecule has 2 aromatic rings. The van der Waals surface area contributed by atoms with Crippen molar-refractivity contribution in [2.24, 2.45) is 0 Å². The van der Waals surface area contributed by atoms with Crippen LogP contribution in [0.3, 0.4) is 0 Å². The van der Waals surface area contributed by atoms with Crippen LogP contribution < -0.4 is 10.6 Å². The lowest BCUT2D eigenvalue weighted by Crippen LogP contribution is -2.09. The summed E-state index contributed by atoms with van der Waals surface area (Å²) in [5.74, 6) is 1.45. The van der Waals surface area contributed by atoms with Crippen LogP contribution >= 0.6 is 11.3 Å². The number of hydrogen-bond donors (Lipinski definition) is 2. The van der Waals surface area contributed by atoms with E-state index in [1.807, 2.05) is 24.6 Å². The number of anilines is 2. The Balaban J connectivity index is 2.05. The van der Waals surface area contributed by atoms with E-state index in [4.69, 9.17) is 0 Å². The van der Waals surface area contributed by atoms with Crippen molar-refractivity contribution in [3.05, 3.63) is 28.8 Å². The first-order chi connectivity index (χ1) is 8.29. The van der Waals surface area contributed by atoms with E-state index >= 15 is 0 Å². The molecule has 6 heteroatoms. The Morgan fingerprint density at radius 2 is 2.24 bits per heavy atom. The fourth-order valence-electron chi connectivity index (χ4n) is 1.41. The van der Waals surface area contributed by atoms with Crippen molar-refractivity contribution in [2.75, 3.05) is 17.2 Å². The van der Waals surface area contributed by atoms with Gasteiger partial charge in [0.1, 0.15) is 10.8 Å². The second-order valence-electron chi connectivity index (χ2n) is 3.53. The first-order valence-corrected chi connectivity index (χ1v) is 6.40. The topological polar surface area (TPSA) is 62.7 Å². The van der Waals surface area contributed by atoms with Gasteiger partial charge in [-0.25, -0.2) is 9.97 Å². The third-order valence-corrected chi connectivity index (χ3v) is 3.13. The van der Waals surface area contributed by atoms with E-state index in [0.29, 0.717) is 5.95 Å². The molecule has 2 heterocycles. The highest BCUT2D eigenvalue weighted by atomic mass is 32.1. The van der Waals surface area contributed by atoms with Gasteiger partial charge in [-0.2, -0.15) is 4.98 Å². The summed E-state index contributed by atoms with van der Waals surface area (Å²) in [6.45, 7) is 4.89. The van der Waals surface area contributed by atoms with Crippen molar-refractivity contribution in [3.8, 4) is 0 Å². The highest BCUT2D eigenvalue weighted by Crippen LogP contribution is 2.19. The van der Waals surface area contributed by atoms with Gasteiger partial charge in [0.05, 0.1) is 6.04 Å². The predicted octanol–water partition coefficient (Wildman–Crippen LogP) is 2.54. The first-order valence-electron chi connectivity index (χ1n) is 5.52. The molecule has 0 radical (unpaired) electrons. The molecule has 0 aliphatic heterocycles. The molecule has 0 aliphatic carbocycles. The number of nitrogens with one attached hydrogen (secondary N) is 2. The van der Waals surface area contributed by atoms with Crippen LogP contribution in [0.25, 0.3) is 0 Å². The minimum absolute atomic E-state index is 0.152. The van der Waals surface area contributed by atoms with E-state index in [9.17, 15) is 0 Å². The van der Waals surface area contributed by atoms with Crippen molar-refractivity contribution in [2.45, 2.75) is 19.9 Å². The van der Waals surface area contributed by atoms with Gasteiger partial charge in [0, 0.05) is 24.3 Å². The highest BCUT2D eigenvalue weighted by molar-refractivity contribution is 7.09. The Bertz CT molecular complexity index is 457. The molecule has 0 saturated carbocycles. The first kappa shape index (κ1) is 11.8. The SMILES string of the molecule is CCNc1nccc(NC(C)c2nccs2)n1. The maximum Gasteiger partial charge on any atom is 0.224 e. The molecule has 0 fully saturated rings. The maximum absolute atomic E-state index is 4.36. The third kappa shape index (κ3) is 3.13. The third-order valence-electron chi connectivity index (χ3n) is 2.18. The fraction of sp³-hybridized carbons (Fsp3) is 0.364. The van der Waals surface area contributed by atoms with Gasteiger partial charge >= 0.3 is 0 Å². The normalized spacial score (nSPS) is 12.1. The predicted molar refractivity (Wildman–Crippen MR) is 70.3 cm³/mol. The molecule has 2 N–H and O–H groups in total. The highest BCUT2D eigenvalue weighted by Gasteiger charge is 2.08. The molecule has 17 heavy (non-hydrogen) atoms. The zero-order chi connectivity index (χ0) is 12.1. The molecule has 2 rings (SSSR count). The monoisotopic (exact) mass is 249 g/mol. The lowest BCUT2D eigenvalue weighted by Gasteiger charge is -2.12. The second-order valence-corrected chi connectivity index (χ2v) is 4.46. The minimum atomic E-state index is 0.152. The van der Waals surface area contributed by atoms with Crippen molar-refractivity contribution in [1.82, 2.24) is 15.0 Å². The molecule has 0 amide bonds. The van der Waals surface area contributed by atoms with Gasteiger partial charge < -0.3 is 10.6 Å². The summed E-state index contributed by atoms with van der Waals surface area (Å²) < 4.78 is 0. The summed E-state index contributed by atoms with van der Waals surface area (Å²) in [7, 11) is 0. The molecular weight excluding hydrogens is 234 g/mol. The average molecular weight is 249 g/mol. The van der Waals surface area contributed by atoms with Crippen LogP contribution in [0.1, 0.15) is 24.9 Å². The summed E-state index contributed by atoms with van der Waals surface area (Å²) in [6, 6.07) is 2.00. The maximum atomic E-state index is 4.36. The summed E-state index contributed by atoms with van der Waals surface area (Å²) >= 11 is 1.63. The Morgan fingerprint density at radius 1 is 1.35 bits per heavy atom. The summed E-state index contributed by atoms with van der Waals surface area (Å²) in [5, 5.41) is 9.40. The Hall–Kier alpha value is -1.69. The van der Waals surface area contributed by atoms with E-state index < -0.39 is 0 Å². The average Bonchev–Trinajstić information content (AvgIpc) is 2.83. The van der Waals surface area contributed by atoms with Crippen molar-refractivity contribution in [1.29, 1.82) is 0 Å². The van der Waals surface area contributed by atoms with Crippen LogP contribution in [0.2, 0.25) is 0 Å². The summed E-state index contributed by atoms with van der Waals surface area (Å²) in [4.78, 5) is 12.7. The smallest absolute Gasteiger partial charge is 0.224 e. The van der Waals surface area contributed by atoms with Gasteiger partial charge in [-0.05, 0) is 19.9 Å². The zero-order valence-electron chi connectivity index (χ0n) is 9.84. The molecule has 0 aromatic carbocycles. The summed E-state index contributed by atoms with van der Waals surface area (Å²) in [6.07, 6.45) is 3.55. The quantitative estimate of drug-likeness (QED) is 0.852. The molecular formula is C11H15N5S. The van der Waals surface area contributed by atoms with E-state index in [1.54, 1.807) is 17.5 Å². The van der Waals surface area contributed by atoms with Crippen molar-refractivity contribution in [3.63, 3.8) is 0 Å². The molecule has 1 unspecified atom stereocenters. The Morgan fingerprint density at radius 3 is 2.94 bits per heavy atom.